The van der Waals surface area contributed by atoms with Crippen molar-refractivity contribution in [1.29, 1.82) is 0 Å². The summed E-state index contributed by atoms with van der Waals surface area (Å²) in [5.41, 5.74) is 2.16. The van der Waals surface area contributed by atoms with Gasteiger partial charge in [0.2, 0.25) is 0 Å². The largest absolute Gasteiger partial charge is 0.459 e. The number of rotatable bonds is 6. The van der Waals surface area contributed by atoms with Crippen LogP contribution in [-0.2, 0) is 15.3 Å². The quantitative estimate of drug-likeness (QED) is 0.548. The van der Waals surface area contributed by atoms with Crippen molar-refractivity contribution in [3.63, 3.8) is 0 Å². The normalized spacial score (nSPS) is 21.9. The molecule has 0 aromatic heterocycles. The molecule has 2 atom stereocenters. The van der Waals surface area contributed by atoms with Crippen molar-refractivity contribution >= 4 is 18.6 Å². The molecule has 0 spiro atoms. The smallest absolute Gasteiger partial charge is 0.310 e. The molecule has 1 saturated carbocycles. The standard InChI is InChI=1S/C20H30O2S/c1-4-20(3,5-2)22-19(21)18-9-7-6-8-17(18)16-12-10-15(14-23)11-13-16/h10-13,17-18,23H,4-9,14H2,1-3H3/t17-,18+/m0/s1. The van der Waals surface area contributed by atoms with Crippen molar-refractivity contribution < 1.29 is 9.53 Å². The molecule has 1 fully saturated rings. The highest BCUT2D eigenvalue weighted by Gasteiger charge is 2.36. The van der Waals surface area contributed by atoms with Crippen LogP contribution in [0.4, 0.5) is 0 Å². The van der Waals surface area contributed by atoms with Crippen molar-refractivity contribution in [3.05, 3.63) is 35.4 Å². The first-order valence-electron chi connectivity index (χ1n) is 8.95. The lowest BCUT2D eigenvalue weighted by Gasteiger charge is -2.34. The van der Waals surface area contributed by atoms with Gasteiger partial charge in [-0.2, -0.15) is 12.6 Å². The summed E-state index contributed by atoms with van der Waals surface area (Å²) >= 11 is 4.32. The molecule has 2 rings (SSSR count). The first-order valence-corrected chi connectivity index (χ1v) is 9.58. The zero-order chi connectivity index (χ0) is 16.9. The van der Waals surface area contributed by atoms with Gasteiger partial charge in [0.15, 0.2) is 0 Å². The average Bonchev–Trinajstić information content (AvgIpc) is 2.61. The van der Waals surface area contributed by atoms with Gasteiger partial charge in [0.05, 0.1) is 5.92 Å². The Hall–Kier alpha value is -0.960. The fraction of sp³-hybridized carbons (Fsp3) is 0.650. The van der Waals surface area contributed by atoms with Crippen molar-refractivity contribution in [2.45, 2.75) is 76.6 Å². The number of carbonyl (C=O) groups is 1. The van der Waals surface area contributed by atoms with E-state index >= 15 is 0 Å². The molecule has 0 aliphatic heterocycles. The fourth-order valence-electron chi connectivity index (χ4n) is 3.40. The van der Waals surface area contributed by atoms with E-state index in [0.717, 1.165) is 37.9 Å². The van der Waals surface area contributed by atoms with E-state index in [1.807, 2.05) is 6.92 Å². The van der Waals surface area contributed by atoms with Crippen LogP contribution in [-0.4, -0.2) is 11.6 Å². The summed E-state index contributed by atoms with van der Waals surface area (Å²) in [6.45, 7) is 6.22. The highest BCUT2D eigenvalue weighted by Crippen LogP contribution is 2.39. The van der Waals surface area contributed by atoms with Gasteiger partial charge in [-0.05, 0) is 49.7 Å². The van der Waals surface area contributed by atoms with Gasteiger partial charge in [-0.25, -0.2) is 0 Å². The molecule has 0 saturated heterocycles. The topological polar surface area (TPSA) is 26.3 Å². The van der Waals surface area contributed by atoms with Crippen LogP contribution in [0.5, 0.6) is 0 Å². The van der Waals surface area contributed by atoms with E-state index in [4.69, 9.17) is 4.74 Å². The Kier molecular flexibility index (Phi) is 6.58. The number of hydrogen-bond donors (Lipinski definition) is 1. The Morgan fingerprint density at radius 1 is 1.17 bits per heavy atom. The molecule has 0 heterocycles. The summed E-state index contributed by atoms with van der Waals surface area (Å²) in [6, 6.07) is 8.59. The van der Waals surface area contributed by atoms with Crippen molar-refractivity contribution in [2.75, 3.05) is 0 Å². The number of hydrogen-bond acceptors (Lipinski definition) is 3. The zero-order valence-corrected chi connectivity index (χ0v) is 15.6. The summed E-state index contributed by atoms with van der Waals surface area (Å²) in [5.74, 6) is 1.05. The van der Waals surface area contributed by atoms with E-state index < -0.39 is 0 Å². The van der Waals surface area contributed by atoms with E-state index in [-0.39, 0.29) is 17.5 Å². The Bertz CT molecular complexity index is 505. The molecule has 1 aromatic carbocycles. The molecule has 0 amide bonds. The summed E-state index contributed by atoms with van der Waals surface area (Å²) < 4.78 is 5.92. The Balaban J connectivity index is 2.15. The van der Waals surface area contributed by atoms with Gasteiger partial charge >= 0.3 is 5.97 Å². The van der Waals surface area contributed by atoms with E-state index in [1.165, 1.54) is 17.5 Å². The monoisotopic (exact) mass is 334 g/mol. The summed E-state index contributed by atoms with van der Waals surface area (Å²) in [5, 5.41) is 0. The second kappa shape index (κ2) is 8.23. The number of thiol groups is 1. The number of benzene rings is 1. The minimum atomic E-state index is -0.324. The lowest BCUT2D eigenvalue weighted by molar-refractivity contribution is -0.166. The van der Waals surface area contributed by atoms with Gasteiger partial charge in [0, 0.05) is 5.75 Å². The molecule has 0 radical (unpaired) electrons. The van der Waals surface area contributed by atoms with E-state index in [9.17, 15) is 4.79 Å². The molecule has 1 aliphatic carbocycles. The van der Waals surface area contributed by atoms with Crippen LogP contribution in [0, 0.1) is 5.92 Å². The summed E-state index contributed by atoms with van der Waals surface area (Å²) in [7, 11) is 0. The van der Waals surface area contributed by atoms with Crippen LogP contribution >= 0.6 is 12.6 Å². The van der Waals surface area contributed by atoms with Crippen LogP contribution in [0.1, 0.15) is 76.3 Å². The van der Waals surface area contributed by atoms with Gasteiger partial charge in [0.1, 0.15) is 5.60 Å². The highest BCUT2D eigenvalue weighted by molar-refractivity contribution is 7.79. The number of carbonyl (C=O) groups excluding carboxylic acids is 1. The van der Waals surface area contributed by atoms with E-state index in [0.29, 0.717) is 5.92 Å². The molecule has 23 heavy (non-hydrogen) atoms. The first-order chi connectivity index (χ1) is 11.0. The van der Waals surface area contributed by atoms with Gasteiger partial charge in [-0.3, -0.25) is 4.79 Å². The lowest BCUT2D eigenvalue weighted by Crippen LogP contribution is -2.36. The summed E-state index contributed by atoms with van der Waals surface area (Å²) in [4.78, 5) is 12.8. The molecule has 128 valence electrons. The minimum Gasteiger partial charge on any atom is -0.459 e. The van der Waals surface area contributed by atoms with Crippen LogP contribution < -0.4 is 0 Å². The Labute approximate surface area is 146 Å². The Morgan fingerprint density at radius 2 is 1.78 bits per heavy atom. The van der Waals surface area contributed by atoms with Crippen LogP contribution in [0.15, 0.2) is 24.3 Å². The predicted molar refractivity (Wildman–Crippen MR) is 98.9 cm³/mol. The first kappa shape index (κ1) is 18.4. The van der Waals surface area contributed by atoms with Gasteiger partial charge in [-0.1, -0.05) is 51.0 Å². The molecule has 0 bridgehead atoms. The highest BCUT2D eigenvalue weighted by atomic mass is 32.1. The third kappa shape index (κ3) is 4.53. The summed E-state index contributed by atoms with van der Waals surface area (Å²) in [6.07, 6.45) is 6.07. The maximum atomic E-state index is 12.8. The predicted octanol–water partition coefficient (Wildman–Crippen LogP) is 5.51. The third-order valence-electron chi connectivity index (χ3n) is 5.50. The minimum absolute atomic E-state index is 0.000767. The Morgan fingerprint density at radius 3 is 2.35 bits per heavy atom. The average molecular weight is 335 g/mol. The molecule has 0 unspecified atom stereocenters. The van der Waals surface area contributed by atoms with Crippen LogP contribution in [0.2, 0.25) is 0 Å². The second-order valence-corrected chi connectivity index (χ2v) is 7.29. The maximum absolute atomic E-state index is 12.8. The second-order valence-electron chi connectivity index (χ2n) is 6.98. The van der Waals surface area contributed by atoms with E-state index in [1.54, 1.807) is 0 Å². The molecule has 3 heteroatoms. The number of esters is 1. The van der Waals surface area contributed by atoms with Crippen LogP contribution in [0.3, 0.4) is 0 Å². The maximum Gasteiger partial charge on any atom is 0.310 e. The third-order valence-corrected chi connectivity index (χ3v) is 5.87. The molecule has 1 aliphatic rings. The zero-order valence-electron chi connectivity index (χ0n) is 14.7. The van der Waals surface area contributed by atoms with Gasteiger partial charge in [0.25, 0.3) is 0 Å². The van der Waals surface area contributed by atoms with Crippen molar-refractivity contribution in [2.24, 2.45) is 5.92 Å². The SMILES string of the molecule is CCC(C)(CC)OC(=O)[C@@H]1CCCC[C@H]1c1ccc(CS)cc1. The number of ether oxygens (including phenoxy) is 1. The molecular weight excluding hydrogens is 304 g/mol. The van der Waals surface area contributed by atoms with Crippen molar-refractivity contribution in [3.8, 4) is 0 Å². The van der Waals surface area contributed by atoms with Crippen LogP contribution in [0.25, 0.3) is 0 Å². The lowest BCUT2D eigenvalue weighted by atomic mass is 9.75. The van der Waals surface area contributed by atoms with E-state index in [2.05, 4.69) is 50.7 Å². The molecular formula is C20H30O2S. The molecule has 1 aromatic rings. The van der Waals surface area contributed by atoms with Gasteiger partial charge in [-0.15, -0.1) is 0 Å². The molecule has 2 nitrogen and oxygen atoms in total. The van der Waals surface area contributed by atoms with Crippen molar-refractivity contribution in [1.82, 2.24) is 0 Å². The molecule has 0 N–H and O–H groups in total. The van der Waals surface area contributed by atoms with Gasteiger partial charge < -0.3 is 4.74 Å². The fourth-order valence-corrected chi connectivity index (χ4v) is 3.61.